The van der Waals surface area contributed by atoms with Gasteiger partial charge in [-0.05, 0) is 27.7 Å². The third-order valence-corrected chi connectivity index (χ3v) is 1.55. The minimum atomic E-state index is -1.21. The number of carbonyl (C=O) groups excluding carboxylic acids is 2. The summed E-state index contributed by atoms with van der Waals surface area (Å²) in [5.41, 5.74) is 3.50. The molecule has 2 N–H and O–H groups in total. The summed E-state index contributed by atoms with van der Waals surface area (Å²) in [6.07, 6.45) is 0.529. The van der Waals surface area contributed by atoms with Crippen molar-refractivity contribution < 1.29 is 14.3 Å². The predicted octanol–water partition coefficient (Wildman–Crippen LogP) is 0.492. The molecule has 0 aromatic heterocycles. The summed E-state index contributed by atoms with van der Waals surface area (Å²) >= 11 is 0. The Kier molecular flexibility index (Phi) is 3.60. The maximum atomic E-state index is 11.4. The molecule has 0 rings (SSSR count). The van der Waals surface area contributed by atoms with E-state index in [-0.39, 0.29) is 6.54 Å². The standard InChI is InChI=1S/C9H17NO3/c1-8(2,3)13-7(12)9(4,5-10)6-11/h6H,5,10H2,1-4H3. The molecule has 0 fully saturated rings. The molecule has 0 aromatic rings. The molecule has 13 heavy (non-hydrogen) atoms. The maximum Gasteiger partial charge on any atom is 0.320 e. The molecule has 0 bridgehead atoms. The number of hydrogen-bond acceptors (Lipinski definition) is 4. The number of nitrogens with two attached hydrogens (primary N) is 1. The molecule has 0 heterocycles. The van der Waals surface area contributed by atoms with Crippen LogP contribution in [-0.2, 0) is 14.3 Å². The van der Waals surface area contributed by atoms with E-state index in [0.29, 0.717) is 6.29 Å². The van der Waals surface area contributed by atoms with Gasteiger partial charge in [0.2, 0.25) is 0 Å². The molecule has 1 unspecified atom stereocenters. The lowest BCUT2D eigenvalue weighted by Gasteiger charge is -2.26. The fourth-order valence-electron chi connectivity index (χ4n) is 0.574. The molecule has 4 nitrogen and oxygen atoms in total. The summed E-state index contributed by atoms with van der Waals surface area (Å²) in [6, 6.07) is 0. The van der Waals surface area contributed by atoms with Gasteiger partial charge in [0.25, 0.3) is 0 Å². The average molecular weight is 187 g/mol. The Balaban J connectivity index is 4.50. The molecule has 0 aliphatic carbocycles. The van der Waals surface area contributed by atoms with Gasteiger partial charge in [0.1, 0.15) is 17.3 Å². The summed E-state index contributed by atoms with van der Waals surface area (Å²) in [5.74, 6) is -0.572. The zero-order valence-corrected chi connectivity index (χ0v) is 8.59. The van der Waals surface area contributed by atoms with Gasteiger partial charge >= 0.3 is 5.97 Å². The fraction of sp³-hybridized carbons (Fsp3) is 0.778. The number of carbonyl (C=O) groups is 2. The van der Waals surface area contributed by atoms with Crippen molar-refractivity contribution in [3.8, 4) is 0 Å². The van der Waals surface area contributed by atoms with E-state index < -0.39 is 17.0 Å². The van der Waals surface area contributed by atoms with Crippen molar-refractivity contribution >= 4 is 12.3 Å². The Morgan fingerprint density at radius 3 is 2.08 bits per heavy atom. The first-order valence-corrected chi connectivity index (χ1v) is 4.15. The molecule has 0 saturated heterocycles. The summed E-state index contributed by atoms with van der Waals surface area (Å²) < 4.78 is 5.03. The number of aldehydes is 1. The highest BCUT2D eigenvalue weighted by Gasteiger charge is 2.35. The zero-order chi connectivity index (χ0) is 10.7. The lowest BCUT2D eigenvalue weighted by molar-refractivity contribution is -0.166. The largest absolute Gasteiger partial charge is 0.459 e. The van der Waals surface area contributed by atoms with E-state index in [1.165, 1.54) is 6.92 Å². The van der Waals surface area contributed by atoms with Crippen LogP contribution in [0.4, 0.5) is 0 Å². The molecule has 1 atom stereocenters. The molecule has 0 aliphatic heterocycles. The molecular weight excluding hydrogens is 170 g/mol. The van der Waals surface area contributed by atoms with Crippen LogP contribution in [0.3, 0.4) is 0 Å². The highest BCUT2D eigenvalue weighted by molar-refractivity contribution is 5.93. The lowest BCUT2D eigenvalue weighted by Crippen LogP contribution is -2.42. The van der Waals surface area contributed by atoms with Crippen LogP contribution in [0.15, 0.2) is 0 Å². The normalized spacial score (nSPS) is 16.1. The average Bonchev–Trinajstić information content (AvgIpc) is 2.00. The van der Waals surface area contributed by atoms with Gasteiger partial charge in [-0.2, -0.15) is 0 Å². The molecule has 0 spiro atoms. The third kappa shape index (κ3) is 3.55. The van der Waals surface area contributed by atoms with Crippen molar-refractivity contribution in [1.29, 1.82) is 0 Å². The minimum absolute atomic E-state index is 0.0363. The zero-order valence-electron chi connectivity index (χ0n) is 8.59. The number of hydrogen-bond donors (Lipinski definition) is 1. The second-order valence-corrected chi connectivity index (χ2v) is 4.24. The molecule has 76 valence electrons. The second-order valence-electron chi connectivity index (χ2n) is 4.24. The maximum absolute atomic E-state index is 11.4. The minimum Gasteiger partial charge on any atom is -0.459 e. The van der Waals surface area contributed by atoms with Crippen molar-refractivity contribution in [1.82, 2.24) is 0 Å². The van der Waals surface area contributed by atoms with Crippen LogP contribution in [0.25, 0.3) is 0 Å². The Morgan fingerprint density at radius 2 is 1.85 bits per heavy atom. The van der Waals surface area contributed by atoms with E-state index >= 15 is 0 Å². The van der Waals surface area contributed by atoms with Crippen LogP contribution in [0.1, 0.15) is 27.7 Å². The second kappa shape index (κ2) is 3.87. The van der Waals surface area contributed by atoms with Gasteiger partial charge in [0.15, 0.2) is 0 Å². The SMILES string of the molecule is CC(C)(C)OC(=O)C(C)(C=O)CN. The van der Waals surface area contributed by atoms with E-state index in [2.05, 4.69) is 0 Å². The summed E-state index contributed by atoms with van der Waals surface area (Å²) in [6.45, 7) is 6.66. The van der Waals surface area contributed by atoms with Gasteiger partial charge in [-0.3, -0.25) is 4.79 Å². The van der Waals surface area contributed by atoms with E-state index in [1.807, 2.05) is 0 Å². The third-order valence-electron chi connectivity index (χ3n) is 1.55. The molecule has 0 aliphatic rings. The van der Waals surface area contributed by atoms with Crippen LogP contribution in [0, 0.1) is 5.41 Å². The Morgan fingerprint density at radius 1 is 1.38 bits per heavy atom. The highest BCUT2D eigenvalue weighted by Crippen LogP contribution is 2.18. The van der Waals surface area contributed by atoms with Gasteiger partial charge in [0, 0.05) is 6.54 Å². The van der Waals surface area contributed by atoms with Crippen LogP contribution >= 0.6 is 0 Å². The molecular formula is C9H17NO3. The monoisotopic (exact) mass is 187 g/mol. The fourth-order valence-corrected chi connectivity index (χ4v) is 0.574. The highest BCUT2D eigenvalue weighted by atomic mass is 16.6. The Hall–Kier alpha value is -0.900. The molecule has 0 aromatic carbocycles. The van der Waals surface area contributed by atoms with Crippen LogP contribution < -0.4 is 5.73 Å². The van der Waals surface area contributed by atoms with Gasteiger partial charge in [-0.15, -0.1) is 0 Å². The van der Waals surface area contributed by atoms with Gasteiger partial charge in [-0.25, -0.2) is 0 Å². The van der Waals surface area contributed by atoms with Crippen LogP contribution in [0.5, 0.6) is 0 Å². The van der Waals surface area contributed by atoms with E-state index in [4.69, 9.17) is 10.5 Å². The van der Waals surface area contributed by atoms with Gasteiger partial charge < -0.3 is 15.3 Å². The smallest absolute Gasteiger partial charge is 0.320 e. The summed E-state index contributed by atoms with van der Waals surface area (Å²) in [4.78, 5) is 22.0. The summed E-state index contributed by atoms with van der Waals surface area (Å²) in [5, 5.41) is 0. The molecule has 0 amide bonds. The first-order chi connectivity index (χ1) is 5.75. The van der Waals surface area contributed by atoms with Crippen molar-refractivity contribution in [2.24, 2.45) is 11.1 Å². The number of esters is 1. The quantitative estimate of drug-likeness (QED) is 0.396. The van der Waals surface area contributed by atoms with Gasteiger partial charge in [0.05, 0.1) is 0 Å². The predicted molar refractivity (Wildman–Crippen MR) is 49.1 cm³/mol. The lowest BCUT2D eigenvalue weighted by atomic mass is 9.93. The Labute approximate surface area is 78.4 Å². The topological polar surface area (TPSA) is 69.4 Å². The van der Waals surface area contributed by atoms with Crippen molar-refractivity contribution in [3.63, 3.8) is 0 Å². The first kappa shape index (κ1) is 12.1. The van der Waals surface area contributed by atoms with Crippen molar-refractivity contribution in [3.05, 3.63) is 0 Å². The van der Waals surface area contributed by atoms with Crippen molar-refractivity contribution in [2.45, 2.75) is 33.3 Å². The molecule has 0 radical (unpaired) electrons. The van der Waals surface area contributed by atoms with Gasteiger partial charge in [-0.1, -0.05) is 0 Å². The number of rotatable bonds is 3. The van der Waals surface area contributed by atoms with Crippen LogP contribution in [0.2, 0.25) is 0 Å². The van der Waals surface area contributed by atoms with Crippen molar-refractivity contribution in [2.75, 3.05) is 6.54 Å². The summed E-state index contributed by atoms with van der Waals surface area (Å²) in [7, 11) is 0. The van der Waals surface area contributed by atoms with E-state index in [0.717, 1.165) is 0 Å². The first-order valence-electron chi connectivity index (χ1n) is 4.15. The van der Waals surface area contributed by atoms with Crippen LogP contribution in [-0.4, -0.2) is 24.4 Å². The van der Waals surface area contributed by atoms with E-state index in [1.54, 1.807) is 20.8 Å². The van der Waals surface area contributed by atoms with E-state index in [9.17, 15) is 9.59 Å². The number of ether oxygens (including phenoxy) is 1. The molecule has 0 saturated carbocycles. The Bertz CT molecular complexity index is 207. The molecule has 4 heteroatoms.